The normalized spacial score (nSPS) is 10.7. The molecule has 1 amide bonds. The van der Waals surface area contributed by atoms with Gasteiger partial charge < -0.3 is 19.5 Å². The number of halogens is 1. The predicted molar refractivity (Wildman–Crippen MR) is 133 cm³/mol. The highest BCUT2D eigenvalue weighted by molar-refractivity contribution is 7.16. The van der Waals surface area contributed by atoms with Crippen LogP contribution in [0, 0.1) is 0 Å². The number of thiophene rings is 1. The number of anilines is 1. The van der Waals surface area contributed by atoms with Gasteiger partial charge in [-0.15, -0.1) is 11.3 Å². The second kappa shape index (κ2) is 10.6. The first-order valence-corrected chi connectivity index (χ1v) is 11.7. The van der Waals surface area contributed by atoms with Gasteiger partial charge in [-0.2, -0.15) is 9.78 Å². The SMILES string of the molecule is CCOC(=O)c1nn(-c2cccc(Cl)c2)c(=O)c2c(NC(=O)COc3ccccc3OC)scc12. The third kappa shape index (κ3) is 5.13. The Balaban J connectivity index is 1.71. The van der Waals surface area contributed by atoms with E-state index in [9.17, 15) is 14.4 Å². The van der Waals surface area contributed by atoms with E-state index in [-0.39, 0.29) is 34.7 Å². The summed E-state index contributed by atoms with van der Waals surface area (Å²) in [6.07, 6.45) is 0. The van der Waals surface area contributed by atoms with Crippen LogP contribution in [-0.2, 0) is 9.53 Å². The highest BCUT2D eigenvalue weighted by Crippen LogP contribution is 2.31. The number of fused-ring (bicyclic) bond motifs is 1. The molecule has 0 saturated carbocycles. The number of esters is 1. The van der Waals surface area contributed by atoms with Gasteiger partial charge in [0.25, 0.3) is 11.5 Å². The van der Waals surface area contributed by atoms with Crippen LogP contribution in [0.15, 0.2) is 58.7 Å². The fraction of sp³-hybridized carbons (Fsp3) is 0.167. The molecule has 9 nitrogen and oxygen atoms in total. The fourth-order valence-corrected chi connectivity index (χ4v) is 4.46. The molecule has 0 aliphatic carbocycles. The van der Waals surface area contributed by atoms with Crippen LogP contribution in [0.3, 0.4) is 0 Å². The molecule has 0 bridgehead atoms. The fourth-order valence-electron chi connectivity index (χ4n) is 3.32. The molecular weight excluding hydrogens is 494 g/mol. The van der Waals surface area contributed by atoms with Crippen molar-refractivity contribution in [1.82, 2.24) is 9.78 Å². The number of hydrogen-bond donors (Lipinski definition) is 1. The van der Waals surface area contributed by atoms with E-state index < -0.39 is 17.4 Å². The number of carbonyl (C=O) groups excluding carboxylic acids is 2. The zero-order valence-corrected chi connectivity index (χ0v) is 20.3. The first kappa shape index (κ1) is 24.2. The van der Waals surface area contributed by atoms with Crippen molar-refractivity contribution in [2.75, 3.05) is 25.6 Å². The van der Waals surface area contributed by atoms with E-state index in [0.717, 1.165) is 16.0 Å². The highest BCUT2D eigenvalue weighted by Gasteiger charge is 2.23. The molecule has 2 aromatic carbocycles. The molecule has 2 heterocycles. The van der Waals surface area contributed by atoms with Crippen LogP contribution in [0.4, 0.5) is 5.00 Å². The van der Waals surface area contributed by atoms with Gasteiger partial charge in [0.2, 0.25) is 0 Å². The molecule has 0 atom stereocenters. The molecule has 0 radical (unpaired) electrons. The molecule has 35 heavy (non-hydrogen) atoms. The standard InChI is InChI=1S/C24H20ClN3O6S/c1-3-33-24(31)21-16-13-35-22(26-19(29)12-34-18-10-5-4-9-17(18)32-2)20(16)23(30)28(27-21)15-8-6-7-14(25)11-15/h4-11,13H,3,12H2,1-2H3,(H,26,29). The van der Waals surface area contributed by atoms with Gasteiger partial charge in [-0.05, 0) is 37.3 Å². The number of nitrogens with zero attached hydrogens (tertiary/aromatic N) is 2. The average molecular weight is 514 g/mol. The minimum absolute atomic E-state index is 0.0524. The first-order valence-electron chi connectivity index (χ1n) is 10.5. The molecule has 0 saturated heterocycles. The number of hydrogen-bond acceptors (Lipinski definition) is 8. The molecule has 1 N–H and O–H groups in total. The third-order valence-corrected chi connectivity index (χ3v) is 5.99. The van der Waals surface area contributed by atoms with E-state index in [1.54, 1.807) is 60.8 Å². The quantitative estimate of drug-likeness (QED) is 0.350. The summed E-state index contributed by atoms with van der Waals surface area (Å²) in [5, 5.41) is 9.56. The van der Waals surface area contributed by atoms with Crippen LogP contribution in [-0.4, -0.2) is 42.0 Å². The number of benzene rings is 2. The maximum Gasteiger partial charge on any atom is 0.359 e. The Morgan fingerprint density at radius 3 is 2.63 bits per heavy atom. The Bertz CT molecular complexity index is 1470. The Labute approximate surface area is 208 Å². The maximum atomic E-state index is 13.4. The molecule has 0 spiro atoms. The summed E-state index contributed by atoms with van der Waals surface area (Å²) in [6.45, 7) is 1.48. The zero-order chi connectivity index (χ0) is 24.9. The highest BCUT2D eigenvalue weighted by atomic mass is 35.5. The lowest BCUT2D eigenvalue weighted by Gasteiger charge is -2.11. The number of nitrogens with one attached hydrogen (secondary N) is 1. The lowest BCUT2D eigenvalue weighted by Crippen LogP contribution is -2.26. The average Bonchev–Trinajstić information content (AvgIpc) is 3.27. The van der Waals surface area contributed by atoms with Crippen molar-refractivity contribution < 1.29 is 23.8 Å². The summed E-state index contributed by atoms with van der Waals surface area (Å²) in [5.41, 5.74) is -0.223. The van der Waals surface area contributed by atoms with Crippen LogP contribution in [0.2, 0.25) is 5.02 Å². The Morgan fingerprint density at radius 1 is 1.14 bits per heavy atom. The van der Waals surface area contributed by atoms with Crippen molar-refractivity contribution in [3.05, 3.63) is 75.0 Å². The number of methoxy groups -OCH3 is 1. The number of carbonyl (C=O) groups is 2. The zero-order valence-electron chi connectivity index (χ0n) is 18.7. The third-order valence-electron chi connectivity index (χ3n) is 4.85. The number of aromatic nitrogens is 2. The molecule has 0 aliphatic rings. The Morgan fingerprint density at radius 2 is 1.91 bits per heavy atom. The molecule has 0 fully saturated rings. The molecule has 11 heteroatoms. The molecule has 4 rings (SSSR count). The van der Waals surface area contributed by atoms with Gasteiger partial charge in [-0.1, -0.05) is 29.8 Å². The lowest BCUT2D eigenvalue weighted by molar-refractivity contribution is -0.118. The van der Waals surface area contributed by atoms with Gasteiger partial charge in [-0.3, -0.25) is 9.59 Å². The van der Waals surface area contributed by atoms with Crippen LogP contribution < -0.4 is 20.3 Å². The van der Waals surface area contributed by atoms with Crippen LogP contribution in [0.1, 0.15) is 17.4 Å². The van der Waals surface area contributed by atoms with Gasteiger partial charge in [0.05, 0.1) is 24.8 Å². The van der Waals surface area contributed by atoms with Crippen molar-refractivity contribution >= 4 is 50.6 Å². The number of ether oxygens (including phenoxy) is 3. The van der Waals surface area contributed by atoms with Gasteiger partial charge in [0, 0.05) is 15.8 Å². The largest absolute Gasteiger partial charge is 0.493 e. The molecular formula is C24H20ClN3O6S. The van der Waals surface area contributed by atoms with Crippen LogP contribution in [0.5, 0.6) is 11.5 Å². The monoisotopic (exact) mass is 513 g/mol. The predicted octanol–water partition coefficient (Wildman–Crippen LogP) is 4.30. The number of para-hydroxylation sites is 2. The summed E-state index contributed by atoms with van der Waals surface area (Å²) in [7, 11) is 1.50. The van der Waals surface area contributed by atoms with Crippen molar-refractivity contribution in [3.8, 4) is 17.2 Å². The van der Waals surface area contributed by atoms with Crippen molar-refractivity contribution in [2.24, 2.45) is 0 Å². The van der Waals surface area contributed by atoms with Gasteiger partial charge in [0.1, 0.15) is 5.00 Å². The van der Waals surface area contributed by atoms with E-state index in [4.69, 9.17) is 25.8 Å². The second-order valence-corrected chi connectivity index (χ2v) is 8.42. The van der Waals surface area contributed by atoms with Crippen molar-refractivity contribution in [2.45, 2.75) is 6.92 Å². The van der Waals surface area contributed by atoms with E-state index in [2.05, 4.69) is 10.4 Å². The maximum absolute atomic E-state index is 13.4. The molecule has 4 aromatic rings. The molecule has 0 aliphatic heterocycles. The summed E-state index contributed by atoms with van der Waals surface area (Å²) >= 11 is 7.18. The van der Waals surface area contributed by atoms with Crippen LogP contribution >= 0.6 is 22.9 Å². The molecule has 0 unspecified atom stereocenters. The topological polar surface area (TPSA) is 109 Å². The summed E-state index contributed by atoms with van der Waals surface area (Å²) < 4.78 is 17.0. The van der Waals surface area contributed by atoms with Gasteiger partial charge in [0.15, 0.2) is 23.8 Å². The number of rotatable bonds is 8. The summed E-state index contributed by atoms with van der Waals surface area (Å²) in [6, 6.07) is 13.4. The summed E-state index contributed by atoms with van der Waals surface area (Å²) in [5.74, 6) is -0.305. The Hall–Kier alpha value is -3.89. The minimum atomic E-state index is -0.691. The molecule has 180 valence electrons. The summed E-state index contributed by atoms with van der Waals surface area (Å²) in [4.78, 5) is 38.7. The molecule has 2 aromatic heterocycles. The smallest absolute Gasteiger partial charge is 0.359 e. The van der Waals surface area contributed by atoms with Gasteiger partial charge >= 0.3 is 5.97 Å². The van der Waals surface area contributed by atoms with E-state index in [1.807, 2.05) is 0 Å². The second-order valence-electron chi connectivity index (χ2n) is 7.11. The first-order chi connectivity index (χ1) is 16.9. The van der Waals surface area contributed by atoms with Crippen molar-refractivity contribution in [3.63, 3.8) is 0 Å². The lowest BCUT2D eigenvalue weighted by atomic mass is 10.2. The van der Waals surface area contributed by atoms with Crippen LogP contribution in [0.25, 0.3) is 16.5 Å². The van der Waals surface area contributed by atoms with Gasteiger partial charge in [-0.25, -0.2) is 4.79 Å². The van der Waals surface area contributed by atoms with E-state index in [1.165, 1.54) is 7.11 Å². The minimum Gasteiger partial charge on any atom is -0.493 e. The van der Waals surface area contributed by atoms with Crippen molar-refractivity contribution in [1.29, 1.82) is 0 Å². The number of amides is 1. The Kier molecular flexibility index (Phi) is 7.33. The van der Waals surface area contributed by atoms with E-state index in [0.29, 0.717) is 22.2 Å². The van der Waals surface area contributed by atoms with E-state index >= 15 is 0 Å².